The van der Waals surface area contributed by atoms with Crippen LogP contribution in [0.4, 0.5) is 0 Å². The lowest BCUT2D eigenvalue weighted by atomic mass is 10.0. The lowest BCUT2D eigenvalue weighted by Gasteiger charge is -2.12. The van der Waals surface area contributed by atoms with Crippen molar-refractivity contribution in [3.8, 4) is 11.5 Å². The van der Waals surface area contributed by atoms with Crippen molar-refractivity contribution in [2.75, 3.05) is 28.3 Å². The summed E-state index contributed by atoms with van der Waals surface area (Å²) in [6.45, 7) is 1.93. The molecular weight excluding hydrogens is 330 g/mol. The summed E-state index contributed by atoms with van der Waals surface area (Å²) in [6.07, 6.45) is 3.16. The van der Waals surface area contributed by atoms with Gasteiger partial charge in [0.2, 0.25) is 0 Å². The number of amides is 1. The van der Waals surface area contributed by atoms with Gasteiger partial charge < -0.3 is 14.4 Å². The molecule has 0 aliphatic carbocycles. The summed E-state index contributed by atoms with van der Waals surface area (Å²) in [5, 5.41) is 0. The second-order valence-corrected chi connectivity index (χ2v) is 6.01. The number of rotatable bonds is 6. The average Bonchev–Trinajstić information content (AvgIpc) is 2.65. The maximum Gasteiger partial charge on any atom is 0.253 e. The van der Waals surface area contributed by atoms with Crippen LogP contribution < -0.4 is 9.47 Å². The van der Waals surface area contributed by atoms with Crippen LogP contribution in [0, 0.1) is 6.92 Å². The van der Waals surface area contributed by atoms with Gasteiger partial charge in [0.1, 0.15) is 11.5 Å². The molecule has 2 aromatic carbocycles. The number of benzene rings is 2. The molecule has 26 heavy (non-hydrogen) atoms. The zero-order valence-electron chi connectivity index (χ0n) is 15.7. The molecule has 0 aromatic heterocycles. The number of hydrogen-bond donors (Lipinski definition) is 0. The first-order valence-electron chi connectivity index (χ1n) is 8.14. The summed E-state index contributed by atoms with van der Waals surface area (Å²) in [4.78, 5) is 25.9. The smallest absolute Gasteiger partial charge is 0.253 e. The Bertz CT molecular complexity index is 836. The van der Waals surface area contributed by atoms with Crippen LogP contribution in [0.15, 0.2) is 42.5 Å². The third kappa shape index (κ3) is 4.11. The predicted molar refractivity (Wildman–Crippen MR) is 102 cm³/mol. The molecule has 0 aliphatic heterocycles. The number of hydrogen-bond acceptors (Lipinski definition) is 4. The van der Waals surface area contributed by atoms with Gasteiger partial charge in [-0.1, -0.05) is 18.2 Å². The Morgan fingerprint density at radius 1 is 0.923 bits per heavy atom. The largest absolute Gasteiger partial charge is 0.496 e. The van der Waals surface area contributed by atoms with Gasteiger partial charge >= 0.3 is 0 Å². The van der Waals surface area contributed by atoms with Crippen molar-refractivity contribution in [3.63, 3.8) is 0 Å². The topological polar surface area (TPSA) is 55.8 Å². The molecule has 0 bridgehead atoms. The molecule has 0 saturated heterocycles. The van der Waals surface area contributed by atoms with E-state index in [9.17, 15) is 9.59 Å². The number of aryl methyl sites for hydroxylation is 1. The molecule has 0 heterocycles. The van der Waals surface area contributed by atoms with Gasteiger partial charge in [0.25, 0.3) is 5.91 Å². The van der Waals surface area contributed by atoms with E-state index in [2.05, 4.69) is 0 Å². The number of allylic oxidation sites excluding steroid dienone is 1. The summed E-state index contributed by atoms with van der Waals surface area (Å²) >= 11 is 0. The molecule has 5 heteroatoms. The second kappa shape index (κ2) is 8.34. The van der Waals surface area contributed by atoms with Crippen molar-refractivity contribution in [2.24, 2.45) is 0 Å². The number of carbonyl (C=O) groups excluding carboxylic acids is 2. The number of ether oxygens (including phenoxy) is 2. The summed E-state index contributed by atoms with van der Waals surface area (Å²) in [6, 6.07) is 10.3. The Balaban J connectivity index is 2.28. The molecule has 2 rings (SSSR count). The Hall–Kier alpha value is -3.08. The normalized spacial score (nSPS) is 10.7. The zero-order chi connectivity index (χ0) is 19.3. The average molecular weight is 353 g/mol. The van der Waals surface area contributed by atoms with Crippen molar-refractivity contribution in [1.82, 2.24) is 4.90 Å². The van der Waals surface area contributed by atoms with E-state index < -0.39 is 0 Å². The van der Waals surface area contributed by atoms with Gasteiger partial charge in [-0.05, 0) is 42.8 Å². The van der Waals surface area contributed by atoms with Gasteiger partial charge in [-0.2, -0.15) is 0 Å². The zero-order valence-corrected chi connectivity index (χ0v) is 15.7. The summed E-state index contributed by atoms with van der Waals surface area (Å²) in [7, 11) is 6.53. The lowest BCUT2D eigenvalue weighted by molar-refractivity contribution is 0.0827. The molecule has 0 saturated carbocycles. The first kappa shape index (κ1) is 19.2. The van der Waals surface area contributed by atoms with Gasteiger partial charge in [0, 0.05) is 25.2 Å². The van der Waals surface area contributed by atoms with Gasteiger partial charge in [0.05, 0.1) is 19.8 Å². The maximum atomic E-state index is 12.5. The number of ketones is 1. The maximum absolute atomic E-state index is 12.5. The molecule has 0 spiro atoms. The Morgan fingerprint density at radius 2 is 1.54 bits per heavy atom. The number of carbonyl (C=O) groups is 2. The van der Waals surface area contributed by atoms with E-state index in [1.165, 1.54) is 11.0 Å². The van der Waals surface area contributed by atoms with Crippen LogP contribution in [0.25, 0.3) is 6.08 Å². The van der Waals surface area contributed by atoms with Crippen LogP contribution >= 0.6 is 0 Å². The number of methoxy groups -OCH3 is 2. The predicted octanol–water partition coefficient (Wildman–Crippen LogP) is 3.61. The highest BCUT2D eigenvalue weighted by atomic mass is 16.5. The highest BCUT2D eigenvalue weighted by Crippen LogP contribution is 2.33. The molecule has 0 radical (unpaired) electrons. The SMILES string of the molecule is COc1ccc(C)c(OC)c1C=CC(=O)c1ccc(C(=O)N(C)C)cc1. The quantitative estimate of drug-likeness (QED) is 0.588. The van der Waals surface area contributed by atoms with Crippen LogP contribution in [-0.2, 0) is 0 Å². The number of nitrogens with zero attached hydrogens (tertiary/aromatic N) is 1. The van der Waals surface area contributed by atoms with E-state index in [1.807, 2.05) is 19.1 Å². The standard InChI is InChI=1S/C21H23NO4/c1-14-6-13-19(25-4)17(20(14)26-5)11-12-18(23)15-7-9-16(10-8-15)21(24)22(2)3/h6-13H,1-5H3. The van der Waals surface area contributed by atoms with E-state index in [4.69, 9.17) is 9.47 Å². The fourth-order valence-corrected chi connectivity index (χ4v) is 2.59. The monoisotopic (exact) mass is 353 g/mol. The molecule has 136 valence electrons. The molecule has 0 fully saturated rings. The van der Waals surface area contributed by atoms with E-state index in [-0.39, 0.29) is 11.7 Å². The van der Waals surface area contributed by atoms with Crippen LogP contribution in [0.1, 0.15) is 31.8 Å². The molecule has 5 nitrogen and oxygen atoms in total. The van der Waals surface area contributed by atoms with Crippen molar-refractivity contribution in [1.29, 1.82) is 0 Å². The Kier molecular flexibility index (Phi) is 6.17. The fraction of sp³-hybridized carbons (Fsp3) is 0.238. The first-order chi connectivity index (χ1) is 12.4. The van der Waals surface area contributed by atoms with Crippen LogP contribution in [0.3, 0.4) is 0 Å². The Morgan fingerprint density at radius 3 is 2.08 bits per heavy atom. The molecule has 1 amide bonds. The minimum atomic E-state index is -0.167. The van der Waals surface area contributed by atoms with Crippen molar-refractivity contribution < 1.29 is 19.1 Å². The summed E-state index contributed by atoms with van der Waals surface area (Å²) < 4.78 is 10.8. The van der Waals surface area contributed by atoms with Crippen LogP contribution in [0.5, 0.6) is 11.5 Å². The van der Waals surface area contributed by atoms with Crippen molar-refractivity contribution >= 4 is 17.8 Å². The van der Waals surface area contributed by atoms with Crippen molar-refractivity contribution in [2.45, 2.75) is 6.92 Å². The molecule has 0 N–H and O–H groups in total. The summed E-state index contributed by atoms with van der Waals surface area (Å²) in [5.41, 5.74) is 2.70. The molecule has 2 aromatic rings. The van der Waals surface area contributed by atoms with Gasteiger partial charge in [-0.15, -0.1) is 0 Å². The molecule has 0 atom stereocenters. The molecular formula is C21H23NO4. The lowest BCUT2D eigenvalue weighted by Crippen LogP contribution is -2.21. The van der Waals surface area contributed by atoms with E-state index in [0.29, 0.717) is 28.2 Å². The minimum absolute atomic E-state index is 0.103. The highest BCUT2D eigenvalue weighted by Gasteiger charge is 2.12. The second-order valence-electron chi connectivity index (χ2n) is 6.01. The van der Waals surface area contributed by atoms with E-state index >= 15 is 0 Å². The minimum Gasteiger partial charge on any atom is -0.496 e. The molecule has 0 aliphatic rings. The third-order valence-electron chi connectivity index (χ3n) is 4.00. The third-order valence-corrected chi connectivity index (χ3v) is 4.00. The van der Waals surface area contributed by atoms with Crippen molar-refractivity contribution in [3.05, 3.63) is 64.7 Å². The first-order valence-corrected chi connectivity index (χ1v) is 8.14. The van der Waals surface area contributed by atoms with E-state index in [1.54, 1.807) is 58.7 Å². The summed E-state index contributed by atoms with van der Waals surface area (Å²) in [5.74, 6) is 1.02. The van der Waals surface area contributed by atoms with Gasteiger partial charge in [0.15, 0.2) is 5.78 Å². The Labute approximate surface area is 153 Å². The fourth-order valence-electron chi connectivity index (χ4n) is 2.59. The van der Waals surface area contributed by atoms with Crippen LogP contribution in [0.2, 0.25) is 0 Å². The van der Waals surface area contributed by atoms with Crippen LogP contribution in [-0.4, -0.2) is 44.9 Å². The van der Waals surface area contributed by atoms with E-state index in [0.717, 1.165) is 5.56 Å². The van der Waals surface area contributed by atoms with Gasteiger partial charge in [-0.25, -0.2) is 0 Å². The highest BCUT2D eigenvalue weighted by molar-refractivity contribution is 6.07. The molecule has 0 unspecified atom stereocenters. The van der Waals surface area contributed by atoms with Gasteiger partial charge in [-0.3, -0.25) is 9.59 Å².